The third kappa shape index (κ3) is 478. The summed E-state index contributed by atoms with van der Waals surface area (Å²) < 4.78 is 0. The standard InChI is InChI=1S/3CH4O.Ir/c3*1-2;/h3*2H,1H3;. The monoisotopic (exact) mass is 289 g/mol. The van der Waals surface area contributed by atoms with E-state index in [0.717, 1.165) is 21.3 Å². The second-order valence-electron chi connectivity index (χ2n) is 0. The minimum absolute atomic E-state index is 0. The Morgan fingerprint density at radius 3 is 0.571 bits per heavy atom. The number of hydrogen-bond donors (Lipinski definition) is 3. The molecular formula is C3H12IrO3. The SMILES string of the molecule is CO.CO.CO.[Ir]. The van der Waals surface area contributed by atoms with Crippen LogP contribution in [0.1, 0.15) is 0 Å². The molecular weight excluding hydrogens is 276 g/mol. The molecule has 3 N–H and O–H groups in total. The van der Waals surface area contributed by atoms with Crippen LogP contribution >= 0.6 is 0 Å². The maximum atomic E-state index is 7.00. The third-order valence-electron chi connectivity index (χ3n) is 0. The van der Waals surface area contributed by atoms with E-state index in [1.54, 1.807) is 0 Å². The zero-order valence-corrected chi connectivity index (χ0v) is 7.07. The Morgan fingerprint density at radius 1 is 0.571 bits per heavy atom. The van der Waals surface area contributed by atoms with Gasteiger partial charge < -0.3 is 15.3 Å². The van der Waals surface area contributed by atoms with Gasteiger partial charge in [0.25, 0.3) is 0 Å². The van der Waals surface area contributed by atoms with Crippen molar-refractivity contribution in [3.63, 3.8) is 0 Å². The van der Waals surface area contributed by atoms with Crippen molar-refractivity contribution in [3.05, 3.63) is 0 Å². The molecule has 0 aromatic carbocycles. The van der Waals surface area contributed by atoms with Gasteiger partial charge in [-0.3, -0.25) is 0 Å². The van der Waals surface area contributed by atoms with Crippen LogP contribution < -0.4 is 0 Å². The van der Waals surface area contributed by atoms with Crippen molar-refractivity contribution in [1.29, 1.82) is 0 Å². The van der Waals surface area contributed by atoms with Gasteiger partial charge in [0.05, 0.1) is 0 Å². The molecule has 0 aromatic heterocycles. The molecule has 0 aliphatic rings. The van der Waals surface area contributed by atoms with Crippen LogP contribution in [0.15, 0.2) is 0 Å². The van der Waals surface area contributed by atoms with Gasteiger partial charge in [-0.25, -0.2) is 0 Å². The fraction of sp³-hybridized carbons (Fsp3) is 1.00. The smallest absolute Gasteiger partial charge is 0.0319 e. The zero-order chi connectivity index (χ0) is 6.00. The first kappa shape index (κ1) is 25.8. The molecule has 0 spiro atoms. The molecule has 51 valence electrons. The number of hydrogen-bond acceptors (Lipinski definition) is 3. The maximum absolute atomic E-state index is 7.00. The molecule has 0 saturated carbocycles. The normalized spacial score (nSPS) is 2.57. The molecule has 4 heteroatoms. The van der Waals surface area contributed by atoms with Crippen LogP contribution in [-0.2, 0) is 20.1 Å². The first-order chi connectivity index (χ1) is 3.00. The Kier molecular flexibility index (Phi) is 2620. The predicted octanol–water partition coefficient (Wildman–Crippen LogP) is -1.18. The van der Waals surface area contributed by atoms with E-state index in [1.165, 1.54) is 0 Å². The molecule has 0 heterocycles. The van der Waals surface area contributed by atoms with Crippen LogP contribution in [0.5, 0.6) is 0 Å². The van der Waals surface area contributed by atoms with Crippen molar-refractivity contribution in [3.8, 4) is 0 Å². The van der Waals surface area contributed by atoms with Gasteiger partial charge in [-0.2, -0.15) is 0 Å². The van der Waals surface area contributed by atoms with Crippen LogP contribution in [0.3, 0.4) is 0 Å². The van der Waals surface area contributed by atoms with E-state index >= 15 is 0 Å². The molecule has 0 rings (SSSR count). The fourth-order valence-corrected chi connectivity index (χ4v) is 0. The van der Waals surface area contributed by atoms with Crippen molar-refractivity contribution in [1.82, 2.24) is 0 Å². The molecule has 0 amide bonds. The van der Waals surface area contributed by atoms with Gasteiger partial charge >= 0.3 is 0 Å². The van der Waals surface area contributed by atoms with Gasteiger partial charge in [-0.1, -0.05) is 0 Å². The second kappa shape index (κ2) is 712. The number of aliphatic hydroxyl groups excluding tert-OH is 3. The molecule has 0 bridgehead atoms. The summed E-state index contributed by atoms with van der Waals surface area (Å²) in [7, 11) is 3.00. The second-order valence-corrected chi connectivity index (χ2v) is 0. The Balaban J connectivity index is -0.00000000900. The van der Waals surface area contributed by atoms with Gasteiger partial charge in [-0.05, 0) is 0 Å². The van der Waals surface area contributed by atoms with Crippen molar-refractivity contribution in [2.45, 2.75) is 0 Å². The molecule has 0 fully saturated rings. The first-order valence-corrected chi connectivity index (χ1v) is 1.34. The van der Waals surface area contributed by atoms with Gasteiger partial charge in [0.15, 0.2) is 0 Å². The molecule has 0 aromatic rings. The van der Waals surface area contributed by atoms with E-state index in [4.69, 9.17) is 15.3 Å². The van der Waals surface area contributed by atoms with E-state index in [0.29, 0.717) is 0 Å². The molecule has 0 atom stereocenters. The van der Waals surface area contributed by atoms with Crippen LogP contribution in [0.2, 0.25) is 0 Å². The fourth-order valence-electron chi connectivity index (χ4n) is 0. The summed E-state index contributed by atoms with van der Waals surface area (Å²) in [6, 6.07) is 0. The van der Waals surface area contributed by atoms with E-state index in [9.17, 15) is 0 Å². The van der Waals surface area contributed by atoms with E-state index in [2.05, 4.69) is 0 Å². The largest absolute Gasteiger partial charge is 0.400 e. The van der Waals surface area contributed by atoms with Gasteiger partial charge in [0.2, 0.25) is 0 Å². The average molecular weight is 288 g/mol. The van der Waals surface area contributed by atoms with Gasteiger partial charge in [0.1, 0.15) is 0 Å². The van der Waals surface area contributed by atoms with Gasteiger partial charge in [-0.15, -0.1) is 0 Å². The molecule has 0 saturated heterocycles. The molecule has 0 aliphatic heterocycles. The van der Waals surface area contributed by atoms with Crippen molar-refractivity contribution in [2.24, 2.45) is 0 Å². The van der Waals surface area contributed by atoms with E-state index < -0.39 is 0 Å². The Morgan fingerprint density at radius 2 is 0.571 bits per heavy atom. The molecule has 1 radical (unpaired) electrons. The van der Waals surface area contributed by atoms with E-state index in [-0.39, 0.29) is 20.1 Å². The summed E-state index contributed by atoms with van der Waals surface area (Å²) in [5.41, 5.74) is 0. The van der Waals surface area contributed by atoms with Crippen LogP contribution in [-0.4, -0.2) is 36.6 Å². The van der Waals surface area contributed by atoms with Crippen LogP contribution in [0.4, 0.5) is 0 Å². The predicted molar refractivity (Wildman–Crippen MR) is 24.4 cm³/mol. The quantitative estimate of drug-likeness (QED) is 0.526. The Labute approximate surface area is 57.3 Å². The van der Waals surface area contributed by atoms with Crippen molar-refractivity contribution < 1.29 is 35.4 Å². The third-order valence-corrected chi connectivity index (χ3v) is 0. The Hall–Kier alpha value is 0.529. The maximum Gasteiger partial charge on any atom is 0.0319 e. The van der Waals surface area contributed by atoms with E-state index in [1.807, 2.05) is 0 Å². The summed E-state index contributed by atoms with van der Waals surface area (Å²) in [6.07, 6.45) is 0. The summed E-state index contributed by atoms with van der Waals surface area (Å²) >= 11 is 0. The average Bonchev–Trinajstić information content (AvgIpc) is 1.81. The summed E-state index contributed by atoms with van der Waals surface area (Å²) in [5, 5.41) is 21.0. The molecule has 0 aliphatic carbocycles. The van der Waals surface area contributed by atoms with Crippen LogP contribution in [0, 0.1) is 0 Å². The van der Waals surface area contributed by atoms with Gasteiger partial charge in [0, 0.05) is 41.4 Å². The molecule has 7 heavy (non-hydrogen) atoms. The zero-order valence-electron chi connectivity index (χ0n) is 4.67. The van der Waals surface area contributed by atoms with Crippen molar-refractivity contribution in [2.75, 3.05) is 21.3 Å². The van der Waals surface area contributed by atoms with Crippen LogP contribution in [0.25, 0.3) is 0 Å². The van der Waals surface area contributed by atoms with Crippen molar-refractivity contribution >= 4 is 0 Å². The minimum Gasteiger partial charge on any atom is -0.400 e. The first-order valence-electron chi connectivity index (χ1n) is 1.34. The Bertz CT molecular complexity index is 10.1. The number of rotatable bonds is 0. The molecule has 3 nitrogen and oxygen atoms in total. The topological polar surface area (TPSA) is 60.7 Å². The molecule has 0 unspecified atom stereocenters. The summed E-state index contributed by atoms with van der Waals surface area (Å²) in [4.78, 5) is 0. The summed E-state index contributed by atoms with van der Waals surface area (Å²) in [5.74, 6) is 0. The number of aliphatic hydroxyl groups is 3. The minimum atomic E-state index is 0. The summed E-state index contributed by atoms with van der Waals surface area (Å²) in [6.45, 7) is 0.